The van der Waals surface area contributed by atoms with E-state index in [-0.39, 0.29) is 0 Å². The molecule has 1 aromatic heterocycles. The number of aliphatic imine (C=N–C) groups is 1. The zero-order valence-electron chi connectivity index (χ0n) is 12.7. The molecule has 0 atom stereocenters. The van der Waals surface area contributed by atoms with Crippen molar-refractivity contribution in [1.82, 2.24) is 25.4 Å². The standard InChI is InChI=1S/C15H22N6/c1-12(2)9-17-15(16-3)18-10-14-20-19-11-21(14)13-7-5-4-6-8-13/h4-8,11-12H,9-10H2,1-3H3,(H2,16,17,18). The van der Waals surface area contributed by atoms with Crippen LogP contribution in [0.3, 0.4) is 0 Å². The van der Waals surface area contributed by atoms with E-state index in [2.05, 4.69) is 39.7 Å². The quantitative estimate of drug-likeness (QED) is 0.647. The van der Waals surface area contributed by atoms with Crippen LogP contribution < -0.4 is 10.6 Å². The minimum atomic E-state index is 0.562. The molecule has 0 amide bonds. The first-order chi connectivity index (χ1) is 10.2. The van der Waals surface area contributed by atoms with Gasteiger partial charge in [-0.3, -0.25) is 9.56 Å². The Morgan fingerprint density at radius 3 is 2.67 bits per heavy atom. The van der Waals surface area contributed by atoms with Gasteiger partial charge < -0.3 is 10.6 Å². The van der Waals surface area contributed by atoms with Crippen molar-refractivity contribution in [2.75, 3.05) is 13.6 Å². The summed E-state index contributed by atoms with van der Waals surface area (Å²) in [5.41, 5.74) is 1.05. The van der Waals surface area contributed by atoms with Gasteiger partial charge in [-0.2, -0.15) is 0 Å². The van der Waals surface area contributed by atoms with E-state index in [1.807, 2.05) is 34.9 Å². The molecule has 2 aromatic rings. The van der Waals surface area contributed by atoms with E-state index < -0.39 is 0 Å². The average molecular weight is 286 g/mol. The Morgan fingerprint density at radius 1 is 1.24 bits per heavy atom. The van der Waals surface area contributed by atoms with Gasteiger partial charge in [0.1, 0.15) is 6.33 Å². The van der Waals surface area contributed by atoms with Crippen LogP contribution in [0.1, 0.15) is 19.7 Å². The topological polar surface area (TPSA) is 67.1 Å². The van der Waals surface area contributed by atoms with Gasteiger partial charge in [-0.25, -0.2) is 0 Å². The molecular formula is C15H22N6. The number of para-hydroxylation sites is 1. The van der Waals surface area contributed by atoms with Crippen LogP contribution in [0.2, 0.25) is 0 Å². The smallest absolute Gasteiger partial charge is 0.191 e. The van der Waals surface area contributed by atoms with Crippen molar-refractivity contribution in [3.63, 3.8) is 0 Å². The van der Waals surface area contributed by atoms with Gasteiger partial charge in [-0.05, 0) is 18.1 Å². The third-order valence-corrected chi connectivity index (χ3v) is 2.97. The number of rotatable bonds is 5. The molecule has 0 bridgehead atoms. The van der Waals surface area contributed by atoms with E-state index in [0.29, 0.717) is 12.5 Å². The Hall–Kier alpha value is -2.37. The number of nitrogens with zero attached hydrogens (tertiary/aromatic N) is 4. The molecule has 6 heteroatoms. The van der Waals surface area contributed by atoms with Crippen molar-refractivity contribution < 1.29 is 0 Å². The van der Waals surface area contributed by atoms with Crippen LogP contribution in [0.15, 0.2) is 41.7 Å². The van der Waals surface area contributed by atoms with Crippen molar-refractivity contribution in [2.24, 2.45) is 10.9 Å². The van der Waals surface area contributed by atoms with Gasteiger partial charge in [0.25, 0.3) is 0 Å². The Labute approximate surface area is 125 Å². The number of aromatic nitrogens is 3. The molecule has 0 aliphatic heterocycles. The molecule has 2 rings (SSSR count). The van der Waals surface area contributed by atoms with Crippen LogP contribution in [0.25, 0.3) is 5.69 Å². The lowest BCUT2D eigenvalue weighted by atomic mass is 10.2. The highest BCUT2D eigenvalue weighted by molar-refractivity contribution is 5.79. The van der Waals surface area contributed by atoms with E-state index in [1.54, 1.807) is 13.4 Å². The minimum Gasteiger partial charge on any atom is -0.356 e. The first-order valence-corrected chi connectivity index (χ1v) is 7.09. The summed E-state index contributed by atoms with van der Waals surface area (Å²) in [6, 6.07) is 10.0. The molecule has 0 spiro atoms. The van der Waals surface area contributed by atoms with Crippen LogP contribution in [-0.4, -0.2) is 34.3 Å². The molecule has 21 heavy (non-hydrogen) atoms. The van der Waals surface area contributed by atoms with Gasteiger partial charge in [0.2, 0.25) is 0 Å². The highest BCUT2D eigenvalue weighted by atomic mass is 15.3. The van der Waals surface area contributed by atoms with Crippen LogP contribution in [0, 0.1) is 5.92 Å². The maximum atomic E-state index is 4.20. The molecule has 1 heterocycles. The molecule has 112 valence electrons. The molecule has 1 aromatic carbocycles. The van der Waals surface area contributed by atoms with E-state index in [9.17, 15) is 0 Å². The van der Waals surface area contributed by atoms with Crippen molar-refractivity contribution in [1.29, 1.82) is 0 Å². The summed E-state index contributed by atoms with van der Waals surface area (Å²) in [4.78, 5) is 4.20. The maximum Gasteiger partial charge on any atom is 0.191 e. The van der Waals surface area contributed by atoms with Gasteiger partial charge in [0.05, 0.1) is 6.54 Å². The summed E-state index contributed by atoms with van der Waals surface area (Å²) in [5.74, 6) is 2.18. The zero-order valence-corrected chi connectivity index (χ0v) is 12.7. The molecule has 2 N–H and O–H groups in total. The minimum absolute atomic E-state index is 0.562. The SMILES string of the molecule is CN=C(NCc1nncn1-c1ccccc1)NCC(C)C. The lowest BCUT2D eigenvalue weighted by Crippen LogP contribution is -2.39. The fraction of sp³-hybridized carbons (Fsp3) is 0.400. The number of benzene rings is 1. The fourth-order valence-electron chi connectivity index (χ4n) is 1.87. The van der Waals surface area contributed by atoms with Gasteiger partial charge in [0, 0.05) is 19.3 Å². The molecule has 0 radical (unpaired) electrons. The number of nitrogens with one attached hydrogen (secondary N) is 2. The molecule has 0 saturated carbocycles. The van der Waals surface area contributed by atoms with Gasteiger partial charge >= 0.3 is 0 Å². The van der Waals surface area contributed by atoms with Crippen molar-refractivity contribution in [3.8, 4) is 5.69 Å². The second kappa shape index (κ2) is 7.42. The molecular weight excluding hydrogens is 264 g/mol. The van der Waals surface area contributed by atoms with Crippen molar-refractivity contribution >= 4 is 5.96 Å². The normalized spacial score (nSPS) is 11.7. The van der Waals surface area contributed by atoms with Crippen molar-refractivity contribution in [2.45, 2.75) is 20.4 Å². The summed E-state index contributed by atoms with van der Waals surface area (Å²) in [5, 5.41) is 14.7. The molecule has 0 saturated heterocycles. The highest BCUT2D eigenvalue weighted by Crippen LogP contribution is 2.08. The predicted octanol–water partition coefficient (Wildman–Crippen LogP) is 1.59. The Morgan fingerprint density at radius 2 is 2.00 bits per heavy atom. The monoisotopic (exact) mass is 286 g/mol. The maximum absolute atomic E-state index is 4.20. The number of hydrogen-bond acceptors (Lipinski definition) is 3. The third kappa shape index (κ3) is 4.30. The largest absolute Gasteiger partial charge is 0.356 e. The Bertz CT molecular complexity index is 573. The lowest BCUT2D eigenvalue weighted by Gasteiger charge is -2.13. The van der Waals surface area contributed by atoms with E-state index >= 15 is 0 Å². The summed E-state index contributed by atoms with van der Waals surface area (Å²) >= 11 is 0. The molecule has 0 aliphatic rings. The van der Waals surface area contributed by atoms with Gasteiger partial charge in [-0.15, -0.1) is 10.2 Å². The summed E-state index contributed by atoms with van der Waals surface area (Å²) < 4.78 is 1.96. The molecule has 0 aliphatic carbocycles. The highest BCUT2D eigenvalue weighted by Gasteiger charge is 2.07. The van der Waals surface area contributed by atoms with Gasteiger partial charge in [-0.1, -0.05) is 32.0 Å². The van der Waals surface area contributed by atoms with E-state index in [1.165, 1.54) is 0 Å². The third-order valence-electron chi connectivity index (χ3n) is 2.97. The number of guanidine groups is 1. The van der Waals surface area contributed by atoms with Crippen LogP contribution in [0.4, 0.5) is 0 Å². The van der Waals surface area contributed by atoms with Crippen LogP contribution in [0.5, 0.6) is 0 Å². The number of hydrogen-bond donors (Lipinski definition) is 2. The van der Waals surface area contributed by atoms with E-state index in [0.717, 1.165) is 24.0 Å². The molecule has 0 fully saturated rings. The van der Waals surface area contributed by atoms with Gasteiger partial charge in [0.15, 0.2) is 11.8 Å². The summed E-state index contributed by atoms with van der Waals surface area (Å²) in [6.45, 7) is 5.76. The lowest BCUT2D eigenvalue weighted by molar-refractivity contribution is 0.612. The Kier molecular flexibility index (Phi) is 5.31. The Balaban J connectivity index is 2.00. The summed E-state index contributed by atoms with van der Waals surface area (Å²) in [7, 11) is 1.76. The average Bonchev–Trinajstić information content (AvgIpc) is 2.96. The first kappa shape index (κ1) is 15.0. The second-order valence-corrected chi connectivity index (χ2v) is 5.15. The fourth-order valence-corrected chi connectivity index (χ4v) is 1.87. The van der Waals surface area contributed by atoms with Crippen molar-refractivity contribution in [3.05, 3.63) is 42.5 Å². The van der Waals surface area contributed by atoms with E-state index in [4.69, 9.17) is 0 Å². The molecule has 6 nitrogen and oxygen atoms in total. The zero-order chi connectivity index (χ0) is 15.1. The predicted molar refractivity (Wildman–Crippen MR) is 84.4 cm³/mol. The second-order valence-electron chi connectivity index (χ2n) is 5.15. The molecule has 0 unspecified atom stereocenters. The first-order valence-electron chi connectivity index (χ1n) is 7.09. The van der Waals surface area contributed by atoms with Crippen LogP contribution >= 0.6 is 0 Å². The van der Waals surface area contributed by atoms with Crippen LogP contribution in [-0.2, 0) is 6.54 Å². The summed E-state index contributed by atoms with van der Waals surface area (Å²) in [6.07, 6.45) is 1.72.